The number of aromatic nitrogens is 1. The minimum atomic E-state index is -1.53. The summed E-state index contributed by atoms with van der Waals surface area (Å²) in [6, 6.07) is 13.0. The highest BCUT2D eigenvalue weighted by molar-refractivity contribution is 6.00. The first-order chi connectivity index (χ1) is 12.5. The number of hydrogen-bond acceptors (Lipinski definition) is 6. The van der Waals surface area contributed by atoms with E-state index in [2.05, 4.69) is 4.98 Å². The smallest absolute Gasteiger partial charge is 0.475 e. The Bertz CT molecular complexity index is 988. The van der Waals surface area contributed by atoms with Crippen molar-refractivity contribution in [3.05, 3.63) is 58.6 Å². The lowest BCUT2D eigenvalue weighted by molar-refractivity contribution is -0.384. The summed E-state index contributed by atoms with van der Waals surface area (Å²) in [5.41, 5.74) is 1.28. The summed E-state index contributed by atoms with van der Waals surface area (Å²) in [6.45, 7) is 1.98. The zero-order valence-corrected chi connectivity index (χ0v) is 13.7. The number of carbonyl (C=O) groups is 1. The van der Waals surface area contributed by atoms with E-state index in [9.17, 15) is 14.9 Å². The highest BCUT2D eigenvalue weighted by atomic mass is 16.7. The summed E-state index contributed by atoms with van der Waals surface area (Å²) in [5, 5.41) is 20.7. The molecule has 0 unspecified atom stereocenters. The van der Waals surface area contributed by atoms with Gasteiger partial charge in [0.1, 0.15) is 0 Å². The van der Waals surface area contributed by atoms with E-state index in [0.717, 1.165) is 0 Å². The second kappa shape index (κ2) is 7.06. The Morgan fingerprint density at radius 2 is 1.96 bits per heavy atom. The topological polar surface area (TPSA) is 112 Å². The van der Waals surface area contributed by atoms with E-state index >= 15 is 0 Å². The van der Waals surface area contributed by atoms with Crippen molar-refractivity contribution in [2.45, 2.75) is 6.92 Å². The van der Waals surface area contributed by atoms with Crippen LogP contribution in [0.2, 0.25) is 0 Å². The Hall–Kier alpha value is -3.68. The molecular weight excluding hydrogens is 340 g/mol. The average molecular weight is 354 g/mol. The normalized spacial score (nSPS) is 10.5. The number of carboxylic acid groups (broad SMARTS) is 1. The van der Waals surface area contributed by atoms with E-state index in [1.165, 1.54) is 18.2 Å². The van der Waals surface area contributed by atoms with E-state index in [1.807, 2.05) is 0 Å². The molecule has 0 amide bonds. The van der Waals surface area contributed by atoms with Crippen molar-refractivity contribution in [2.75, 3.05) is 6.61 Å². The molecule has 1 N–H and O–H groups in total. The molecule has 1 aromatic heterocycles. The van der Waals surface area contributed by atoms with Crippen LogP contribution in [0.1, 0.15) is 6.92 Å². The lowest BCUT2D eigenvalue weighted by Gasteiger charge is -2.15. The predicted octanol–water partition coefficient (Wildman–Crippen LogP) is 4.27. The number of fused-ring (bicyclic) bond motifs is 1. The SMILES string of the molecule is CCOc1nc2ccc([N+](=O)[O-])cc2c(-c2ccccc2)c1OC(=O)O. The molecule has 0 atom stereocenters. The first kappa shape index (κ1) is 17.2. The first-order valence-corrected chi connectivity index (χ1v) is 7.72. The fourth-order valence-corrected chi connectivity index (χ4v) is 2.63. The van der Waals surface area contributed by atoms with Gasteiger partial charge in [-0.25, -0.2) is 9.78 Å². The molecule has 0 fully saturated rings. The third-order valence-corrected chi connectivity index (χ3v) is 3.64. The summed E-state index contributed by atoms with van der Waals surface area (Å²) in [7, 11) is 0. The molecule has 2 aromatic carbocycles. The molecule has 0 bridgehead atoms. The second-order valence-electron chi connectivity index (χ2n) is 5.25. The monoisotopic (exact) mass is 354 g/mol. The molecular formula is C18H14N2O6. The fraction of sp³-hybridized carbons (Fsp3) is 0.111. The molecule has 132 valence electrons. The van der Waals surface area contributed by atoms with E-state index < -0.39 is 11.1 Å². The van der Waals surface area contributed by atoms with Gasteiger partial charge in [-0.05, 0) is 18.6 Å². The Balaban J connectivity index is 2.42. The largest absolute Gasteiger partial charge is 0.511 e. The van der Waals surface area contributed by atoms with Gasteiger partial charge < -0.3 is 14.6 Å². The molecule has 3 aromatic rings. The van der Waals surface area contributed by atoms with Gasteiger partial charge >= 0.3 is 6.16 Å². The van der Waals surface area contributed by atoms with Gasteiger partial charge in [0, 0.05) is 23.1 Å². The lowest BCUT2D eigenvalue weighted by atomic mass is 9.99. The lowest BCUT2D eigenvalue weighted by Crippen LogP contribution is -2.08. The third-order valence-electron chi connectivity index (χ3n) is 3.64. The zero-order chi connectivity index (χ0) is 18.7. The predicted molar refractivity (Wildman–Crippen MR) is 93.7 cm³/mol. The fourth-order valence-electron chi connectivity index (χ4n) is 2.63. The third kappa shape index (κ3) is 3.25. The summed E-state index contributed by atoms with van der Waals surface area (Å²) < 4.78 is 10.4. The minimum absolute atomic E-state index is 0.00936. The Kier molecular flexibility index (Phi) is 4.66. The first-order valence-electron chi connectivity index (χ1n) is 7.72. The van der Waals surface area contributed by atoms with Crippen LogP contribution < -0.4 is 9.47 Å². The van der Waals surface area contributed by atoms with Gasteiger partial charge in [-0.15, -0.1) is 0 Å². The van der Waals surface area contributed by atoms with Crippen molar-refractivity contribution in [2.24, 2.45) is 0 Å². The van der Waals surface area contributed by atoms with Gasteiger partial charge in [0.2, 0.25) is 5.75 Å². The van der Waals surface area contributed by atoms with Crippen LogP contribution in [0.5, 0.6) is 11.6 Å². The second-order valence-corrected chi connectivity index (χ2v) is 5.25. The Labute approximate surface area is 147 Å². The van der Waals surface area contributed by atoms with Crippen molar-refractivity contribution in [3.8, 4) is 22.8 Å². The molecule has 26 heavy (non-hydrogen) atoms. The Morgan fingerprint density at radius 1 is 1.23 bits per heavy atom. The summed E-state index contributed by atoms with van der Waals surface area (Å²) in [4.78, 5) is 26.1. The van der Waals surface area contributed by atoms with Crippen LogP contribution in [-0.4, -0.2) is 27.8 Å². The maximum Gasteiger partial charge on any atom is 0.511 e. The zero-order valence-electron chi connectivity index (χ0n) is 13.7. The van der Waals surface area contributed by atoms with E-state index in [0.29, 0.717) is 22.0 Å². The summed E-state index contributed by atoms with van der Waals surface area (Å²) in [5.74, 6) is -0.0892. The van der Waals surface area contributed by atoms with Gasteiger partial charge in [-0.1, -0.05) is 30.3 Å². The molecule has 0 aliphatic heterocycles. The van der Waals surface area contributed by atoms with Gasteiger partial charge in [0.25, 0.3) is 11.6 Å². The number of nitrogens with zero attached hydrogens (tertiary/aromatic N) is 2. The van der Waals surface area contributed by atoms with E-state index in [4.69, 9.17) is 14.6 Å². The maximum atomic E-state index is 11.2. The molecule has 3 rings (SSSR count). The van der Waals surface area contributed by atoms with Crippen LogP contribution in [-0.2, 0) is 0 Å². The number of rotatable bonds is 5. The highest BCUT2D eigenvalue weighted by Crippen LogP contribution is 2.43. The van der Waals surface area contributed by atoms with Gasteiger partial charge in [0.15, 0.2) is 0 Å². The molecule has 8 heteroatoms. The van der Waals surface area contributed by atoms with Crippen LogP contribution in [0.15, 0.2) is 48.5 Å². The number of hydrogen-bond donors (Lipinski definition) is 1. The van der Waals surface area contributed by atoms with Crippen LogP contribution in [0, 0.1) is 10.1 Å². The van der Waals surface area contributed by atoms with Crippen molar-refractivity contribution in [1.82, 2.24) is 4.98 Å². The maximum absolute atomic E-state index is 11.2. The highest BCUT2D eigenvalue weighted by Gasteiger charge is 2.23. The number of non-ortho nitro benzene ring substituents is 1. The molecule has 8 nitrogen and oxygen atoms in total. The number of nitro benzene ring substituents is 1. The molecule has 0 saturated heterocycles. The van der Waals surface area contributed by atoms with Gasteiger partial charge in [-0.2, -0.15) is 0 Å². The summed E-state index contributed by atoms with van der Waals surface area (Å²) in [6.07, 6.45) is -1.53. The van der Waals surface area contributed by atoms with Crippen LogP contribution in [0.4, 0.5) is 10.5 Å². The van der Waals surface area contributed by atoms with Crippen molar-refractivity contribution in [3.63, 3.8) is 0 Å². The van der Waals surface area contributed by atoms with Gasteiger partial charge in [-0.3, -0.25) is 10.1 Å². The standard InChI is InChI=1S/C18H14N2O6/c1-2-25-17-16(26-18(21)22)15(11-6-4-3-5-7-11)13-10-12(20(23)24)8-9-14(13)19-17/h3-10H,2H2,1H3,(H,21,22). The molecule has 0 aliphatic carbocycles. The van der Waals surface area contributed by atoms with Crippen molar-refractivity contribution >= 4 is 22.7 Å². The number of pyridine rings is 1. The van der Waals surface area contributed by atoms with Crippen molar-refractivity contribution in [1.29, 1.82) is 0 Å². The van der Waals surface area contributed by atoms with E-state index in [1.54, 1.807) is 37.3 Å². The average Bonchev–Trinajstić information content (AvgIpc) is 2.62. The number of benzene rings is 2. The molecule has 0 saturated carbocycles. The minimum Gasteiger partial charge on any atom is -0.475 e. The number of ether oxygens (including phenoxy) is 2. The Morgan fingerprint density at radius 3 is 2.58 bits per heavy atom. The van der Waals surface area contributed by atoms with Crippen molar-refractivity contribution < 1.29 is 24.3 Å². The molecule has 0 radical (unpaired) electrons. The summed E-state index contributed by atoms with van der Waals surface area (Å²) >= 11 is 0. The van der Waals surface area contributed by atoms with Gasteiger partial charge in [0.05, 0.1) is 17.0 Å². The molecule has 1 heterocycles. The molecule has 0 aliphatic rings. The number of nitro groups is 1. The van der Waals surface area contributed by atoms with Crippen LogP contribution >= 0.6 is 0 Å². The van der Waals surface area contributed by atoms with Crippen LogP contribution in [0.3, 0.4) is 0 Å². The van der Waals surface area contributed by atoms with Crippen LogP contribution in [0.25, 0.3) is 22.0 Å². The quantitative estimate of drug-likeness (QED) is 0.414. The van der Waals surface area contributed by atoms with E-state index in [-0.39, 0.29) is 23.9 Å². The molecule has 0 spiro atoms.